The van der Waals surface area contributed by atoms with E-state index in [9.17, 15) is 9.59 Å². The number of aromatic carboxylic acids is 1. The molecule has 0 fully saturated rings. The number of hydrogen-bond donors (Lipinski definition) is 3. The Bertz CT molecular complexity index is 1320. The minimum absolute atomic E-state index is 0.102. The predicted molar refractivity (Wildman–Crippen MR) is 120 cm³/mol. The molecule has 4 rings (SSSR count). The van der Waals surface area contributed by atoms with Gasteiger partial charge >= 0.3 is 5.97 Å². The van der Waals surface area contributed by atoms with Gasteiger partial charge in [-0.05, 0) is 41.1 Å². The summed E-state index contributed by atoms with van der Waals surface area (Å²) >= 11 is 0. The highest BCUT2D eigenvalue weighted by Crippen LogP contribution is 2.28. The first-order chi connectivity index (χ1) is 15.2. The lowest BCUT2D eigenvalue weighted by Crippen LogP contribution is -2.13. The van der Waals surface area contributed by atoms with Crippen LogP contribution in [-0.4, -0.2) is 32.2 Å². The van der Waals surface area contributed by atoms with Gasteiger partial charge < -0.3 is 15.2 Å². The maximum absolute atomic E-state index is 12.9. The van der Waals surface area contributed by atoms with E-state index in [4.69, 9.17) is 9.84 Å². The molecule has 8 heteroatoms. The standard InChI is InChI=1S/C24H22N4O4/c1-24(2,3)20-13-21(28-27-20)26-22(29)18-6-4-5-14-11-15(7-8-17(14)18)32-16-9-10-25-19(12-16)23(30)31/h4-13H,1-3H3,(H,30,31)(H2,26,27,28,29). The van der Waals surface area contributed by atoms with E-state index in [1.807, 2.05) is 12.1 Å². The zero-order valence-electron chi connectivity index (χ0n) is 17.8. The Morgan fingerprint density at radius 2 is 1.81 bits per heavy atom. The average molecular weight is 430 g/mol. The van der Waals surface area contributed by atoms with Crippen LogP contribution in [0.4, 0.5) is 5.82 Å². The number of nitrogens with one attached hydrogen (secondary N) is 2. The van der Waals surface area contributed by atoms with Crippen LogP contribution < -0.4 is 10.1 Å². The number of anilines is 1. The number of carbonyl (C=O) groups is 2. The van der Waals surface area contributed by atoms with E-state index in [1.165, 1.54) is 12.3 Å². The maximum Gasteiger partial charge on any atom is 0.354 e. The summed E-state index contributed by atoms with van der Waals surface area (Å²) in [5, 5.41) is 20.6. The molecule has 3 N–H and O–H groups in total. The quantitative estimate of drug-likeness (QED) is 0.410. The molecule has 0 saturated heterocycles. The molecule has 0 bridgehead atoms. The number of H-pyrrole nitrogens is 1. The van der Waals surface area contributed by atoms with E-state index in [0.29, 0.717) is 22.9 Å². The van der Waals surface area contributed by atoms with Gasteiger partial charge in [0.15, 0.2) is 11.5 Å². The van der Waals surface area contributed by atoms with Gasteiger partial charge in [0.2, 0.25) is 0 Å². The number of fused-ring (bicyclic) bond motifs is 1. The number of pyridine rings is 1. The van der Waals surface area contributed by atoms with Crippen molar-refractivity contribution in [2.75, 3.05) is 5.32 Å². The number of nitrogens with zero attached hydrogens (tertiary/aromatic N) is 2. The van der Waals surface area contributed by atoms with E-state index in [-0.39, 0.29) is 17.0 Å². The van der Waals surface area contributed by atoms with E-state index >= 15 is 0 Å². The molecule has 1 amide bonds. The topological polar surface area (TPSA) is 117 Å². The van der Waals surface area contributed by atoms with Gasteiger partial charge in [-0.2, -0.15) is 5.10 Å². The fourth-order valence-electron chi connectivity index (χ4n) is 3.20. The number of aromatic nitrogens is 3. The zero-order valence-corrected chi connectivity index (χ0v) is 17.8. The molecule has 8 nitrogen and oxygen atoms in total. The fourth-order valence-corrected chi connectivity index (χ4v) is 3.20. The molecule has 4 aromatic rings. The Morgan fingerprint density at radius 3 is 2.53 bits per heavy atom. The number of amides is 1. The minimum Gasteiger partial charge on any atom is -0.477 e. The number of rotatable bonds is 5. The molecule has 0 aliphatic heterocycles. The maximum atomic E-state index is 12.9. The Hall–Kier alpha value is -4.20. The van der Waals surface area contributed by atoms with Crippen molar-refractivity contribution in [1.29, 1.82) is 0 Å². The molecule has 162 valence electrons. The largest absolute Gasteiger partial charge is 0.477 e. The minimum atomic E-state index is -1.13. The predicted octanol–water partition coefficient (Wildman–Crippen LogP) is 5.00. The third-order valence-corrected chi connectivity index (χ3v) is 4.91. The fraction of sp³-hybridized carbons (Fsp3) is 0.167. The lowest BCUT2D eigenvalue weighted by molar-refractivity contribution is 0.0690. The van der Waals surface area contributed by atoms with Crippen LogP contribution in [0.5, 0.6) is 11.5 Å². The molecule has 0 unspecified atom stereocenters. The molecule has 32 heavy (non-hydrogen) atoms. The molecule has 2 heterocycles. The lowest BCUT2D eigenvalue weighted by atomic mass is 9.92. The van der Waals surface area contributed by atoms with Gasteiger partial charge in [0.1, 0.15) is 11.5 Å². The summed E-state index contributed by atoms with van der Waals surface area (Å²) in [7, 11) is 0. The summed E-state index contributed by atoms with van der Waals surface area (Å²) < 4.78 is 5.79. The molecule has 2 aromatic heterocycles. The third kappa shape index (κ3) is 4.44. The number of carboxylic acids is 1. The SMILES string of the molecule is CC(C)(C)c1cc(NC(=O)c2cccc3cc(Oc4ccnc(C(=O)O)c4)ccc23)n[nH]1. The average Bonchev–Trinajstić information content (AvgIpc) is 3.22. The van der Waals surface area contributed by atoms with Crippen LogP contribution in [0.15, 0.2) is 60.8 Å². The first kappa shape index (κ1) is 21.0. The van der Waals surface area contributed by atoms with Crippen LogP contribution in [-0.2, 0) is 5.41 Å². The molecule has 0 aliphatic rings. The zero-order chi connectivity index (χ0) is 22.9. The van der Waals surface area contributed by atoms with Crippen LogP contribution in [0.1, 0.15) is 47.3 Å². The van der Waals surface area contributed by atoms with Gasteiger partial charge in [0.05, 0.1) is 0 Å². The first-order valence-corrected chi connectivity index (χ1v) is 9.98. The highest BCUT2D eigenvalue weighted by molar-refractivity contribution is 6.12. The van der Waals surface area contributed by atoms with Crippen molar-refractivity contribution in [3.8, 4) is 11.5 Å². The van der Waals surface area contributed by atoms with Crippen LogP contribution >= 0.6 is 0 Å². The molecule has 2 aromatic carbocycles. The number of carboxylic acid groups (broad SMARTS) is 1. The van der Waals surface area contributed by atoms with Gasteiger partial charge in [0.25, 0.3) is 5.91 Å². The van der Waals surface area contributed by atoms with Crippen LogP contribution in [0, 0.1) is 0 Å². The van der Waals surface area contributed by atoms with Gasteiger partial charge in [-0.3, -0.25) is 9.89 Å². The second-order valence-corrected chi connectivity index (χ2v) is 8.34. The number of carbonyl (C=O) groups excluding carboxylic acids is 1. The summed E-state index contributed by atoms with van der Waals surface area (Å²) in [6.07, 6.45) is 1.38. The van der Waals surface area contributed by atoms with Crippen LogP contribution in [0.2, 0.25) is 0 Å². The molecule has 0 aliphatic carbocycles. The van der Waals surface area contributed by atoms with Crippen LogP contribution in [0.25, 0.3) is 10.8 Å². The van der Waals surface area contributed by atoms with Crippen molar-refractivity contribution in [2.45, 2.75) is 26.2 Å². The molecule has 0 atom stereocenters. The van der Waals surface area contributed by atoms with Crippen LogP contribution in [0.3, 0.4) is 0 Å². The number of benzene rings is 2. The van der Waals surface area contributed by atoms with Gasteiger partial charge in [-0.25, -0.2) is 9.78 Å². The highest BCUT2D eigenvalue weighted by Gasteiger charge is 2.18. The van der Waals surface area contributed by atoms with Crippen molar-refractivity contribution in [3.63, 3.8) is 0 Å². The highest BCUT2D eigenvalue weighted by atomic mass is 16.5. The van der Waals surface area contributed by atoms with E-state index in [0.717, 1.165) is 16.5 Å². The summed E-state index contributed by atoms with van der Waals surface area (Å²) in [5.74, 6) is -0.0602. The molecule has 0 radical (unpaired) electrons. The second kappa shape index (κ2) is 8.14. The summed E-state index contributed by atoms with van der Waals surface area (Å²) in [6, 6.07) is 15.5. The third-order valence-electron chi connectivity index (χ3n) is 4.91. The first-order valence-electron chi connectivity index (χ1n) is 9.98. The number of aromatic amines is 1. The Labute approximate surface area is 184 Å². The van der Waals surface area contributed by atoms with E-state index < -0.39 is 5.97 Å². The lowest BCUT2D eigenvalue weighted by Gasteiger charge is -2.14. The summed E-state index contributed by atoms with van der Waals surface area (Å²) in [6.45, 7) is 6.18. The Morgan fingerprint density at radius 1 is 1.03 bits per heavy atom. The summed E-state index contributed by atoms with van der Waals surface area (Å²) in [4.78, 5) is 27.8. The Balaban J connectivity index is 1.58. The number of hydrogen-bond acceptors (Lipinski definition) is 5. The van der Waals surface area contributed by atoms with Gasteiger partial charge in [-0.15, -0.1) is 0 Å². The van der Waals surface area contributed by atoms with Gasteiger partial charge in [0, 0.05) is 35.0 Å². The molecule has 0 spiro atoms. The molecule has 0 saturated carbocycles. The molecular formula is C24H22N4O4. The monoisotopic (exact) mass is 430 g/mol. The molecular weight excluding hydrogens is 408 g/mol. The van der Waals surface area contributed by atoms with Crippen molar-refractivity contribution >= 4 is 28.5 Å². The summed E-state index contributed by atoms with van der Waals surface area (Å²) in [5.41, 5.74) is 1.22. The van der Waals surface area contributed by atoms with E-state index in [2.05, 4.69) is 41.3 Å². The van der Waals surface area contributed by atoms with Crippen molar-refractivity contribution in [1.82, 2.24) is 15.2 Å². The number of ether oxygens (including phenoxy) is 1. The van der Waals surface area contributed by atoms with Gasteiger partial charge in [-0.1, -0.05) is 32.9 Å². The second-order valence-electron chi connectivity index (χ2n) is 8.34. The Kier molecular flexibility index (Phi) is 5.36. The normalized spacial score (nSPS) is 11.3. The van der Waals surface area contributed by atoms with Crippen molar-refractivity contribution in [3.05, 3.63) is 77.7 Å². The van der Waals surface area contributed by atoms with Crippen molar-refractivity contribution in [2.24, 2.45) is 0 Å². The van der Waals surface area contributed by atoms with E-state index in [1.54, 1.807) is 36.4 Å². The van der Waals surface area contributed by atoms with Crippen molar-refractivity contribution < 1.29 is 19.4 Å². The smallest absolute Gasteiger partial charge is 0.354 e.